The summed E-state index contributed by atoms with van der Waals surface area (Å²) >= 11 is 0. The second-order valence-corrected chi connectivity index (χ2v) is 7.08. The number of imidazole rings is 1. The Morgan fingerprint density at radius 1 is 1.19 bits per heavy atom. The number of aliphatic hydroxyl groups is 1. The Morgan fingerprint density at radius 2 is 1.90 bits per heavy atom. The summed E-state index contributed by atoms with van der Waals surface area (Å²) in [6, 6.07) is 11.8. The number of halogens is 3. The Morgan fingerprint density at radius 3 is 2.55 bits per heavy atom. The zero-order valence-electron chi connectivity index (χ0n) is 16.8. The molecule has 0 aliphatic carbocycles. The van der Waals surface area contributed by atoms with Crippen LogP contribution < -0.4 is 4.74 Å². The van der Waals surface area contributed by atoms with Crippen LogP contribution in [0.5, 0.6) is 5.75 Å². The van der Waals surface area contributed by atoms with Gasteiger partial charge in [-0.3, -0.25) is 4.79 Å². The van der Waals surface area contributed by atoms with E-state index >= 15 is 0 Å². The maximum atomic E-state index is 13.0. The Kier molecular flexibility index (Phi) is 6.96. The van der Waals surface area contributed by atoms with Crippen LogP contribution in [0.25, 0.3) is 0 Å². The van der Waals surface area contributed by atoms with Gasteiger partial charge in [0.15, 0.2) is 0 Å². The number of hydrogen-bond donors (Lipinski definition) is 1. The fourth-order valence-corrected chi connectivity index (χ4v) is 3.03. The molecule has 31 heavy (non-hydrogen) atoms. The molecule has 3 rings (SSSR count). The molecule has 0 radical (unpaired) electrons. The number of rotatable bonds is 8. The molecule has 0 fully saturated rings. The quantitative estimate of drug-likeness (QED) is 0.591. The van der Waals surface area contributed by atoms with Crippen molar-refractivity contribution in [2.24, 2.45) is 0 Å². The predicted molar refractivity (Wildman–Crippen MR) is 108 cm³/mol. The molecule has 0 bridgehead atoms. The summed E-state index contributed by atoms with van der Waals surface area (Å²) < 4.78 is 46.1. The van der Waals surface area contributed by atoms with Crippen LogP contribution in [0.4, 0.5) is 13.2 Å². The van der Waals surface area contributed by atoms with Gasteiger partial charge >= 0.3 is 6.18 Å². The van der Waals surface area contributed by atoms with Gasteiger partial charge < -0.3 is 19.3 Å². The van der Waals surface area contributed by atoms with Crippen LogP contribution in [0.2, 0.25) is 0 Å². The molecule has 0 saturated carbocycles. The van der Waals surface area contributed by atoms with Gasteiger partial charge in [0.1, 0.15) is 18.5 Å². The van der Waals surface area contributed by atoms with Gasteiger partial charge in [0.25, 0.3) is 5.91 Å². The first kappa shape index (κ1) is 22.4. The first-order valence-electron chi connectivity index (χ1n) is 9.51. The van der Waals surface area contributed by atoms with Crippen molar-refractivity contribution in [3.8, 4) is 5.75 Å². The first-order valence-corrected chi connectivity index (χ1v) is 9.51. The average molecular weight is 433 g/mol. The number of aliphatic hydroxyl groups excluding tert-OH is 1. The van der Waals surface area contributed by atoms with E-state index in [1.807, 2.05) is 22.9 Å². The number of ether oxygens (including phenoxy) is 1. The fourth-order valence-electron chi connectivity index (χ4n) is 3.03. The Hall–Kier alpha value is -3.33. The minimum absolute atomic E-state index is 0.0934. The highest BCUT2D eigenvalue weighted by atomic mass is 19.4. The van der Waals surface area contributed by atoms with Gasteiger partial charge in [0.05, 0.1) is 11.9 Å². The minimum Gasteiger partial charge on any atom is -0.490 e. The van der Waals surface area contributed by atoms with Gasteiger partial charge in [-0.2, -0.15) is 13.2 Å². The molecule has 0 saturated heterocycles. The smallest absolute Gasteiger partial charge is 0.419 e. The van der Waals surface area contributed by atoms with E-state index in [-0.39, 0.29) is 24.8 Å². The van der Waals surface area contributed by atoms with Crippen molar-refractivity contribution in [2.75, 3.05) is 20.2 Å². The molecule has 6 nitrogen and oxygen atoms in total. The van der Waals surface area contributed by atoms with E-state index in [4.69, 9.17) is 4.74 Å². The number of nitrogens with zero attached hydrogens (tertiary/aromatic N) is 3. The molecule has 0 unspecified atom stereocenters. The summed E-state index contributed by atoms with van der Waals surface area (Å²) in [6.07, 6.45) is -0.495. The maximum absolute atomic E-state index is 13.0. The van der Waals surface area contributed by atoms with E-state index in [1.54, 1.807) is 24.7 Å². The van der Waals surface area contributed by atoms with Crippen LogP contribution >= 0.6 is 0 Å². The lowest BCUT2D eigenvalue weighted by atomic mass is 10.1. The highest BCUT2D eigenvalue weighted by Gasteiger charge is 2.34. The molecule has 0 aliphatic rings. The third-order valence-electron chi connectivity index (χ3n) is 4.58. The van der Waals surface area contributed by atoms with Crippen LogP contribution in [0.1, 0.15) is 21.5 Å². The third kappa shape index (κ3) is 6.08. The molecule has 3 aromatic rings. The second-order valence-electron chi connectivity index (χ2n) is 7.08. The number of aromatic nitrogens is 2. The molecule has 1 aromatic heterocycles. The van der Waals surface area contributed by atoms with Crippen molar-refractivity contribution < 1.29 is 27.8 Å². The first-order chi connectivity index (χ1) is 14.7. The van der Waals surface area contributed by atoms with Crippen molar-refractivity contribution in [3.63, 3.8) is 0 Å². The van der Waals surface area contributed by atoms with Gasteiger partial charge in [-0.15, -0.1) is 0 Å². The van der Waals surface area contributed by atoms with E-state index in [0.29, 0.717) is 12.1 Å². The number of amides is 1. The standard InChI is InChI=1S/C22H22F3N3O3/c1-27(13-18(29)14-31-20-5-3-2-4-19(20)22(23,24)25)21(30)17-8-6-16(7-9-17)12-28-11-10-26-15-28/h2-11,15,18,29H,12-14H2,1H3/t18-/m1/s1. The average Bonchev–Trinajstić information content (AvgIpc) is 3.25. The van der Waals surface area contributed by atoms with Gasteiger partial charge in [-0.1, -0.05) is 24.3 Å². The Bertz CT molecular complexity index is 989. The third-order valence-corrected chi connectivity index (χ3v) is 4.58. The highest BCUT2D eigenvalue weighted by molar-refractivity contribution is 5.94. The lowest BCUT2D eigenvalue weighted by Crippen LogP contribution is -2.37. The van der Waals surface area contributed by atoms with E-state index in [1.165, 1.54) is 30.1 Å². The summed E-state index contributed by atoms with van der Waals surface area (Å²) in [5, 5.41) is 10.1. The van der Waals surface area contributed by atoms with Crippen LogP contribution in [-0.2, 0) is 12.7 Å². The predicted octanol–water partition coefficient (Wildman–Crippen LogP) is 3.46. The van der Waals surface area contributed by atoms with Crippen LogP contribution in [-0.4, -0.2) is 51.8 Å². The number of carbonyl (C=O) groups is 1. The highest BCUT2D eigenvalue weighted by Crippen LogP contribution is 2.35. The number of hydrogen-bond acceptors (Lipinski definition) is 4. The zero-order chi connectivity index (χ0) is 22.4. The molecule has 1 N–H and O–H groups in total. The number of alkyl halides is 3. The van der Waals surface area contributed by atoms with Crippen LogP contribution in [0.15, 0.2) is 67.3 Å². The Balaban J connectivity index is 1.53. The molecular formula is C22H22F3N3O3. The molecule has 1 amide bonds. The lowest BCUT2D eigenvalue weighted by molar-refractivity contribution is -0.139. The van der Waals surface area contributed by atoms with E-state index in [0.717, 1.165) is 11.6 Å². The molecular weight excluding hydrogens is 411 g/mol. The molecule has 1 atom stereocenters. The lowest BCUT2D eigenvalue weighted by Gasteiger charge is -2.22. The van der Waals surface area contributed by atoms with Crippen LogP contribution in [0.3, 0.4) is 0 Å². The fraction of sp³-hybridized carbons (Fsp3) is 0.273. The second kappa shape index (κ2) is 9.65. The van der Waals surface area contributed by atoms with Crippen molar-refractivity contribution in [3.05, 3.63) is 83.9 Å². The van der Waals surface area contributed by atoms with E-state index in [2.05, 4.69) is 4.98 Å². The number of para-hydroxylation sites is 1. The van der Waals surface area contributed by atoms with Gasteiger partial charge in [-0.25, -0.2) is 4.98 Å². The summed E-state index contributed by atoms with van der Waals surface area (Å²) in [5.41, 5.74) is 0.517. The molecule has 9 heteroatoms. The maximum Gasteiger partial charge on any atom is 0.419 e. The Labute approximate surface area is 177 Å². The largest absolute Gasteiger partial charge is 0.490 e. The molecule has 0 aliphatic heterocycles. The van der Waals surface area contributed by atoms with E-state index < -0.39 is 17.8 Å². The summed E-state index contributed by atoms with van der Waals surface area (Å²) in [6.45, 7) is 0.151. The topological polar surface area (TPSA) is 67.6 Å². The van der Waals surface area contributed by atoms with Crippen molar-refractivity contribution in [1.82, 2.24) is 14.5 Å². The number of carbonyl (C=O) groups excluding carboxylic acids is 1. The summed E-state index contributed by atoms with van der Waals surface area (Å²) in [7, 11) is 1.51. The van der Waals surface area contributed by atoms with Gasteiger partial charge in [0.2, 0.25) is 0 Å². The van der Waals surface area contributed by atoms with E-state index in [9.17, 15) is 23.1 Å². The van der Waals surface area contributed by atoms with Crippen molar-refractivity contribution in [1.29, 1.82) is 0 Å². The van der Waals surface area contributed by atoms with Crippen molar-refractivity contribution >= 4 is 5.91 Å². The van der Waals surface area contributed by atoms with Gasteiger partial charge in [-0.05, 0) is 29.8 Å². The summed E-state index contributed by atoms with van der Waals surface area (Å²) in [4.78, 5) is 17.9. The summed E-state index contributed by atoms with van der Waals surface area (Å²) in [5.74, 6) is -0.680. The molecule has 2 aromatic carbocycles. The number of likely N-dealkylation sites (N-methyl/N-ethyl adjacent to an activating group) is 1. The SMILES string of the molecule is CN(C[C@@H](O)COc1ccccc1C(F)(F)F)C(=O)c1ccc(Cn2ccnc2)cc1. The van der Waals surface area contributed by atoms with Crippen LogP contribution in [0, 0.1) is 0 Å². The molecule has 164 valence electrons. The zero-order valence-corrected chi connectivity index (χ0v) is 16.8. The van der Waals surface area contributed by atoms with Gasteiger partial charge in [0, 0.05) is 38.1 Å². The molecule has 1 heterocycles. The van der Waals surface area contributed by atoms with Crippen molar-refractivity contribution in [2.45, 2.75) is 18.8 Å². The minimum atomic E-state index is -4.56. The molecule has 0 spiro atoms. The monoisotopic (exact) mass is 433 g/mol. The number of benzene rings is 2. The normalized spacial score (nSPS) is 12.4.